The minimum absolute atomic E-state index is 1.15. The Labute approximate surface area is 133 Å². The van der Waals surface area contributed by atoms with E-state index >= 15 is 0 Å². The highest BCUT2D eigenvalue weighted by atomic mass is 14.7. The van der Waals surface area contributed by atoms with E-state index in [1.54, 1.807) is 0 Å². The van der Waals surface area contributed by atoms with Crippen LogP contribution in [-0.4, -0.2) is 9.97 Å². The van der Waals surface area contributed by atoms with Crippen LogP contribution in [0.4, 0.5) is 0 Å². The molecule has 2 aliphatic carbocycles. The Bertz CT molecular complexity index is 584. The van der Waals surface area contributed by atoms with Gasteiger partial charge in [-0.2, -0.15) is 0 Å². The first kappa shape index (κ1) is 16.2. The van der Waals surface area contributed by atoms with Crippen LogP contribution in [0.25, 0.3) is 12.2 Å². The number of rotatable bonds is 0. The van der Waals surface area contributed by atoms with E-state index in [0.717, 1.165) is 24.2 Å². The Morgan fingerprint density at radius 1 is 0.727 bits per heavy atom. The molecular weight excluding hydrogens is 268 g/mol. The summed E-state index contributed by atoms with van der Waals surface area (Å²) in [7, 11) is 0. The maximum absolute atomic E-state index is 4.23. The monoisotopic (exact) mass is 292 g/mol. The zero-order valence-electron chi connectivity index (χ0n) is 13.5. The van der Waals surface area contributed by atoms with Crippen molar-refractivity contribution in [2.75, 3.05) is 0 Å². The van der Waals surface area contributed by atoms with Gasteiger partial charge in [-0.15, -0.1) is 0 Å². The zero-order chi connectivity index (χ0) is 15.6. The highest BCUT2D eigenvalue weighted by Crippen LogP contribution is 2.15. The fourth-order valence-corrected chi connectivity index (χ4v) is 2.49. The molecule has 0 atom stereocenters. The lowest BCUT2D eigenvalue weighted by atomic mass is 10.0. The molecule has 4 rings (SSSR count). The minimum Gasteiger partial charge on any atom is -0.257 e. The largest absolute Gasteiger partial charge is 0.257 e. The highest BCUT2D eigenvalue weighted by Gasteiger charge is 2.02. The first-order chi connectivity index (χ1) is 10.9. The summed E-state index contributed by atoms with van der Waals surface area (Å²) < 4.78 is 0. The molecule has 0 bridgehead atoms. The van der Waals surface area contributed by atoms with Crippen molar-refractivity contribution in [3.63, 3.8) is 0 Å². The number of aromatic nitrogens is 2. The molecule has 0 radical (unpaired) electrons. The maximum atomic E-state index is 4.23. The van der Waals surface area contributed by atoms with E-state index in [0.29, 0.717) is 0 Å². The van der Waals surface area contributed by atoms with Gasteiger partial charge in [0.1, 0.15) is 0 Å². The van der Waals surface area contributed by atoms with Gasteiger partial charge in [0.15, 0.2) is 0 Å². The standard InChI is InChI=1S/2C9H9N.C2H6/c2*1-2-6-9-8(4-1)5-3-7-10-9;1-2/h2*2-3,5-7H,1,4H2;1-2H3. The molecule has 0 aliphatic heterocycles. The van der Waals surface area contributed by atoms with Gasteiger partial charge in [0.05, 0.1) is 11.4 Å². The summed E-state index contributed by atoms with van der Waals surface area (Å²) in [5, 5.41) is 0. The first-order valence-electron chi connectivity index (χ1n) is 8.14. The molecule has 2 aliphatic rings. The van der Waals surface area contributed by atoms with Crippen LogP contribution in [-0.2, 0) is 12.8 Å². The van der Waals surface area contributed by atoms with Crippen molar-refractivity contribution in [2.45, 2.75) is 39.5 Å². The third-order valence-corrected chi connectivity index (χ3v) is 3.56. The zero-order valence-corrected chi connectivity index (χ0v) is 13.5. The number of aryl methyl sites for hydroxylation is 2. The van der Waals surface area contributed by atoms with Crippen molar-refractivity contribution < 1.29 is 0 Å². The lowest BCUT2D eigenvalue weighted by Gasteiger charge is -2.06. The van der Waals surface area contributed by atoms with E-state index in [2.05, 4.69) is 46.4 Å². The molecule has 2 heteroatoms. The van der Waals surface area contributed by atoms with Gasteiger partial charge in [-0.3, -0.25) is 9.97 Å². The Morgan fingerprint density at radius 2 is 1.18 bits per heavy atom. The van der Waals surface area contributed by atoms with E-state index in [-0.39, 0.29) is 0 Å². The van der Waals surface area contributed by atoms with Crippen molar-refractivity contribution in [1.29, 1.82) is 0 Å². The molecule has 0 unspecified atom stereocenters. The lowest BCUT2D eigenvalue weighted by molar-refractivity contribution is 0.964. The average molecular weight is 292 g/mol. The summed E-state index contributed by atoms with van der Waals surface area (Å²) >= 11 is 0. The number of allylic oxidation sites excluding steroid dienone is 2. The van der Waals surface area contributed by atoms with Gasteiger partial charge < -0.3 is 0 Å². The molecule has 114 valence electrons. The predicted octanol–water partition coefficient (Wildman–Crippen LogP) is 5.11. The first-order valence-corrected chi connectivity index (χ1v) is 8.14. The summed E-state index contributed by atoms with van der Waals surface area (Å²) in [5.41, 5.74) is 5.05. The van der Waals surface area contributed by atoms with Crippen molar-refractivity contribution in [1.82, 2.24) is 9.97 Å². The molecule has 2 aromatic heterocycles. The van der Waals surface area contributed by atoms with Gasteiger partial charge in [0.25, 0.3) is 0 Å². The van der Waals surface area contributed by atoms with Gasteiger partial charge >= 0.3 is 0 Å². The quantitative estimate of drug-likeness (QED) is 0.674. The van der Waals surface area contributed by atoms with Crippen LogP contribution < -0.4 is 0 Å². The summed E-state index contributed by atoms with van der Waals surface area (Å²) in [6, 6.07) is 8.29. The maximum Gasteiger partial charge on any atom is 0.0658 e. The summed E-state index contributed by atoms with van der Waals surface area (Å²) in [6.45, 7) is 4.00. The van der Waals surface area contributed by atoms with Crippen LogP contribution in [0.1, 0.15) is 49.2 Å². The van der Waals surface area contributed by atoms with Crippen molar-refractivity contribution in [2.24, 2.45) is 0 Å². The summed E-state index contributed by atoms with van der Waals surface area (Å²) in [6.07, 6.45) is 16.9. The minimum atomic E-state index is 1.15. The second-order valence-electron chi connectivity index (χ2n) is 4.98. The summed E-state index contributed by atoms with van der Waals surface area (Å²) in [5.74, 6) is 0. The molecule has 2 nitrogen and oxygen atoms in total. The van der Waals surface area contributed by atoms with E-state index < -0.39 is 0 Å². The third-order valence-electron chi connectivity index (χ3n) is 3.56. The van der Waals surface area contributed by atoms with Crippen molar-refractivity contribution >= 4 is 12.2 Å². The van der Waals surface area contributed by atoms with Crippen LogP contribution in [0.5, 0.6) is 0 Å². The van der Waals surface area contributed by atoms with Gasteiger partial charge in [-0.1, -0.05) is 38.1 Å². The fraction of sp³-hybridized carbons (Fsp3) is 0.300. The van der Waals surface area contributed by atoms with Gasteiger partial charge in [0, 0.05) is 12.4 Å². The number of hydrogen-bond acceptors (Lipinski definition) is 2. The topological polar surface area (TPSA) is 25.8 Å². The molecule has 22 heavy (non-hydrogen) atoms. The fourth-order valence-electron chi connectivity index (χ4n) is 2.49. The molecule has 0 N–H and O–H groups in total. The number of fused-ring (bicyclic) bond motifs is 2. The van der Waals surface area contributed by atoms with Gasteiger partial charge in [0.2, 0.25) is 0 Å². The summed E-state index contributed by atoms with van der Waals surface area (Å²) in [4.78, 5) is 8.46. The van der Waals surface area contributed by atoms with Crippen molar-refractivity contribution in [3.8, 4) is 0 Å². The molecular formula is C20H24N2. The van der Waals surface area contributed by atoms with E-state index in [4.69, 9.17) is 0 Å². The lowest BCUT2D eigenvalue weighted by Crippen LogP contribution is -1.94. The highest BCUT2D eigenvalue weighted by molar-refractivity contribution is 5.52. The SMILES string of the molecule is C1=Cc2ncccc2CC1.C1=Cc2ncccc2CC1.CC. The molecule has 2 heterocycles. The molecule has 0 saturated carbocycles. The van der Waals surface area contributed by atoms with Crippen LogP contribution in [0.2, 0.25) is 0 Å². The molecule has 0 fully saturated rings. The predicted molar refractivity (Wildman–Crippen MR) is 94.5 cm³/mol. The average Bonchev–Trinajstić information content (AvgIpc) is 2.64. The normalized spacial score (nSPS) is 13.7. The third kappa shape index (κ3) is 4.39. The Hall–Kier alpha value is -2.22. The van der Waals surface area contributed by atoms with Crippen LogP contribution in [0.3, 0.4) is 0 Å². The van der Waals surface area contributed by atoms with E-state index in [1.807, 2.05) is 38.4 Å². The number of hydrogen-bond donors (Lipinski definition) is 0. The van der Waals surface area contributed by atoms with Crippen LogP contribution >= 0.6 is 0 Å². The van der Waals surface area contributed by atoms with Crippen LogP contribution in [0, 0.1) is 0 Å². The smallest absolute Gasteiger partial charge is 0.0658 e. The number of nitrogens with zero attached hydrogens (tertiary/aromatic N) is 2. The van der Waals surface area contributed by atoms with Gasteiger partial charge in [-0.05, 0) is 61.1 Å². The Kier molecular flexibility index (Phi) is 6.56. The molecule has 2 aromatic rings. The molecule has 0 aromatic carbocycles. The Morgan fingerprint density at radius 3 is 1.59 bits per heavy atom. The molecule has 0 amide bonds. The van der Waals surface area contributed by atoms with Gasteiger partial charge in [-0.25, -0.2) is 0 Å². The second kappa shape index (κ2) is 8.93. The van der Waals surface area contributed by atoms with E-state index in [9.17, 15) is 0 Å². The van der Waals surface area contributed by atoms with Crippen LogP contribution in [0.15, 0.2) is 48.8 Å². The number of pyridine rings is 2. The Balaban J connectivity index is 0.000000144. The second-order valence-corrected chi connectivity index (χ2v) is 4.98. The molecule has 0 spiro atoms. The molecule has 0 saturated heterocycles. The van der Waals surface area contributed by atoms with Crippen molar-refractivity contribution in [3.05, 3.63) is 71.3 Å². The van der Waals surface area contributed by atoms with E-state index in [1.165, 1.54) is 24.0 Å².